The smallest absolute Gasteiger partial charge is 0.239 e. The van der Waals surface area contributed by atoms with Gasteiger partial charge in [-0.3, -0.25) is 14.5 Å². The van der Waals surface area contributed by atoms with E-state index in [1.807, 2.05) is 0 Å². The Morgan fingerprint density at radius 2 is 1.95 bits per heavy atom. The Kier molecular flexibility index (Phi) is 6.17. The summed E-state index contributed by atoms with van der Waals surface area (Å²) in [7, 11) is 6.71. The van der Waals surface area contributed by atoms with E-state index in [1.165, 1.54) is 4.90 Å². The number of amides is 2. The molecular formula is C15H23N3O3. The Labute approximate surface area is 125 Å². The Bertz CT molecular complexity index is 503. The van der Waals surface area contributed by atoms with Gasteiger partial charge in [0.2, 0.25) is 11.8 Å². The number of ether oxygens (including phenoxy) is 1. The Morgan fingerprint density at radius 1 is 1.29 bits per heavy atom. The average molecular weight is 293 g/mol. The molecule has 21 heavy (non-hydrogen) atoms. The molecule has 1 N–H and O–H groups in total. The van der Waals surface area contributed by atoms with Crippen LogP contribution in [0.3, 0.4) is 0 Å². The summed E-state index contributed by atoms with van der Waals surface area (Å²) in [6, 6.07) is 6.79. The molecule has 0 aromatic heterocycles. The summed E-state index contributed by atoms with van der Waals surface area (Å²) in [5.74, 6) is 0.466. The number of likely N-dealkylation sites (N-methyl/N-ethyl adjacent to an activating group) is 2. The molecule has 0 aliphatic heterocycles. The first kappa shape index (κ1) is 17.0. The van der Waals surface area contributed by atoms with Gasteiger partial charge < -0.3 is 15.0 Å². The van der Waals surface area contributed by atoms with Crippen LogP contribution >= 0.6 is 0 Å². The van der Waals surface area contributed by atoms with Crippen LogP contribution in [0.15, 0.2) is 24.3 Å². The third kappa shape index (κ3) is 5.07. The van der Waals surface area contributed by atoms with Gasteiger partial charge in [0.05, 0.1) is 19.7 Å². The van der Waals surface area contributed by atoms with Crippen molar-refractivity contribution in [3.8, 4) is 5.75 Å². The van der Waals surface area contributed by atoms with E-state index in [2.05, 4.69) is 5.32 Å². The van der Waals surface area contributed by atoms with Crippen LogP contribution in [0.25, 0.3) is 0 Å². The highest BCUT2D eigenvalue weighted by molar-refractivity contribution is 5.93. The Morgan fingerprint density at radius 3 is 2.52 bits per heavy atom. The molecule has 0 fully saturated rings. The van der Waals surface area contributed by atoms with Crippen LogP contribution < -0.4 is 10.1 Å². The van der Waals surface area contributed by atoms with Crippen LogP contribution in [-0.4, -0.2) is 62.5 Å². The second-order valence-corrected chi connectivity index (χ2v) is 5.10. The van der Waals surface area contributed by atoms with Crippen molar-refractivity contribution in [1.82, 2.24) is 9.80 Å². The number of benzene rings is 1. The lowest BCUT2D eigenvalue weighted by atomic mass is 10.2. The van der Waals surface area contributed by atoms with Gasteiger partial charge in [0.25, 0.3) is 0 Å². The second-order valence-electron chi connectivity index (χ2n) is 5.10. The van der Waals surface area contributed by atoms with Crippen molar-refractivity contribution in [2.24, 2.45) is 0 Å². The van der Waals surface area contributed by atoms with Crippen molar-refractivity contribution < 1.29 is 14.3 Å². The molecule has 1 aromatic carbocycles. The molecule has 1 aromatic rings. The maximum Gasteiger partial charge on any atom is 0.239 e. The fraction of sp³-hybridized carbons (Fsp3) is 0.467. The number of rotatable bonds is 6. The van der Waals surface area contributed by atoms with E-state index in [-0.39, 0.29) is 24.4 Å². The minimum atomic E-state index is -0.351. The molecule has 0 aliphatic rings. The van der Waals surface area contributed by atoms with Gasteiger partial charge in [-0.25, -0.2) is 0 Å². The fourth-order valence-corrected chi connectivity index (χ4v) is 1.83. The molecule has 0 bridgehead atoms. The zero-order valence-electron chi connectivity index (χ0n) is 13.2. The lowest BCUT2D eigenvalue weighted by Crippen LogP contribution is -2.45. The van der Waals surface area contributed by atoms with Gasteiger partial charge in [-0.05, 0) is 26.1 Å². The molecular weight excluding hydrogens is 270 g/mol. The van der Waals surface area contributed by atoms with Crippen LogP contribution in [0, 0.1) is 0 Å². The van der Waals surface area contributed by atoms with Gasteiger partial charge in [0.15, 0.2) is 0 Å². The van der Waals surface area contributed by atoms with E-state index in [0.29, 0.717) is 11.4 Å². The van der Waals surface area contributed by atoms with Gasteiger partial charge in [-0.1, -0.05) is 6.07 Å². The summed E-state index contributed by atoms with van der Waals surface area (Å²) in [6.07, 6.45) is 0. The van der Waals surface area contributed by atoms with Crippen molar-refractivity contribution in [2.75, 3.05) is 40.1 Å². The van der Waals surface area contributed by atoms with Crippen molar-refractivity contribution >= 4 is 17.5 Å². The van der Waals surface area contributed by atoms with Crippen LogP contribution in [0.1, 0.15) is 6.92 Å². The van der Waals surface area contributed by atoms with Gasteiger partial charge in [-0.15, -0.1) is 0 Å². The fourth-order valence-electron chi connectivity index (χ4n) is 1.83. The first-order chi connectivity index (χ1) is 9.85. The van der Waals surface area contributed by atoms with Crippen LogP contribution in [-0.2, 0) is 9.59 Å². The third-order valence-corrected chi connectivity index (χ3v) is 3.21. The number of methoxy groups -OCH3 is 1. The number of carbonyl (C=O) groups excluding carboxylic acids is 2. The van der Waals surface area contributed by atoms with E-state index in [0.717, 1.165) is 0 Å². The van der Waals surface area contributed by atoms with E-state index in [1.54, 1.807) is 64.3 Å². The van der Waals surface area contributed by atoms with Gasteiger partial charge in [0.1, 0.15) is 5.75 Å². The number of hydrogen-bond donors (Lipinski definition) is 1. The number of nitrogens with zero attached hydrogens (tertiary/aromatic N) is 2. The average Bonchev–Trinajstić information content (AvgIpc) is 2.45. The lowest BCUT2D eigenvalue weighted by molar-refractivity contribution is -0.133. The van der Waals surface area contributed by atoms with Crippen molar-refractivity contribution in [1.29, 1.82) is 0 Å². The van der Waals surface area contributed by atoms with E-state index < -0.39 is 0 Å². The van der Waals surface area contributed by atoms with Crippen LogP contribution in [0.4, 0.5) is 5.69 Å². The van der Waals surface area contributed by atoms with Gasteiger partial charge >= 0.3 is 0 Å². The van der Waals surface area contributed by atoms with E-state index in [4.69, 9.17) is 4.74 Å². The zero-order valence-corrected chi connectivity index (χ0v) is 13.2. The Hall–Kier alpha value is -2.08. The molecule has 0 aliphatic carbocycles. The topological polar surface area (TPSA) is 61.9 Å². The summed E-state index contributed by atoms with van der Waals surface area (Å²) >= 11 is 0. The summed E-state index contributed by atoms with van der Waals surface area (Å²) in [4.78, 5) is 27.1. The quantitative estimate of drug-likeness (QED) is 0.851. The SMILES string of the molecule is COc1cccc(NC(=O)CN(C)[C@H](C)C(=O)N(C)C)c1. The highest BCUT2D eigenvalue weighted by Crippen LogP contribution is 2.16. The first-order valence-electron chi connectivity index (χ1n) is 6.70. The maximum atomic E-state index is 12.0. The molecule has 2 amide bonds. The largest absolute Gasteiger partial charge is 0.497 e. The minimum absolute atomic E-state index is 0.0355. The lowest BCUT2D eigenvalue weighted by Gasteiger charge is -2.25. The normalized spacial score (nSPS) is 11.9. The standard InChI is InChI=1S/C15H23N3O3/c1-11(15(20)17(2)3)18(4)10-14(19)16-12-7-6-8-13(9-12)21-5/h6-9,11H,10H2,1-5H3,(H,16,19)/t11-/m1/s1. The van der Waals surface area contributed by atoms with Crippen LogP contribution in [0.2, 0.25) is 0 Å². The third-order valence-electron chi connectivity index (χ3n) is 3.21. The summed E-state index contributed by atoms with van der Waals surface area (Å²) in [6.45, 7) is 1.92. The molecule has 6 heteroatoms. The van der Waals surface area contributed by atoms with Crippen molar-refractivity contribution in [2.45, 2.75) is 13.0 Å². The number of carbonyl (C=O) groups is 2. The molecule has 0 radical (unpaired) electrons. The number of hydrogen-bond acceptors (Lipinski definition) is 4. The van der Waals surface area contributed by atoms with Gasteiger partial charge in [-0.2, -0.15) is 0 Å². The number of anilines is 1. The summed E-state index contributed by atoms with van der Waals surface area (Å²) in [5.41, 5.74) is 0.666. The van der Waals surface area contributed by atoms with Gasteiger partial charge in [0, 0.05) is 25.8 Å². The highest BCUT2D eigenvalue weighted by atomic mass is 16.5. The number of nitrogens with one attached hydrogen (secondary N) is 1. The van der Waals surface area contributed by atoms with Crippen LogP contribution in [0.5, 0.6) is 5.75 Å². The molecule has 116 valence electrons. The van der Waals surface area contributed by atoms with E-state index >= 15 is 0 Å². The van der Waals surface area contributed by atoms with Crippen molar-refractivity contribution in [3.05, 3.63) is 24.3 Å². The maximum absolute atomic E-state index is 12.0. The predicted octanol–water partition coefficient (Wildman–Crippen LogP) is 1.04. The first-order valence-corrected chi connectivity index (χ1v) is 6.70. The molecule has 0 saturated heterocycles. The molecule has 1 rings (SSSR count). The predicted molar refractivity (Wildman–Crippen MR) is 82.4 cm³/mol. The summed E-state index contributed by atoms with van der Waals surface area (Å²) in [5, 5.41) is 2.79. The molecule has 0 unspecified atom stereocenters. The molecule has 6 nitrogen and oxygen atoms in total. The molecule has 0 spiro atoms. The monoisotopic (exact) mass is 293 g/mol. The molecule has 0 saturated carbocycles. The molecule has 1 atom stereocenters. The second kappa shape index (κ2) is 7.64. The molecule has 0 heterocycles. The summed E-state index contributed by atoms with van der Waals surface area (Å²) < 4.78 is 5.10. The van der Waals surface area contributed by atoms with Crippen molar-refractivity contribution in [3.63, 3.8) is 0 Å². The highest BCUT2D eigenvalue weighted by Gasteiger charge is 2.21. The van der Waals surface area contributed by atoms with E-state index in [9.17, 15) is 9.59 Å². The minimum Gasteiger partial charge on any atom is -0.497 e. The Balaban J connectivity index is 2.58. The zero-order chi connectivity index (χ0) is 16.0.